The predicted octanol–water partition coefficient (Wildman–Crippen LogP) is 0.663. The Morgan fingerprint density at radius 3 is 2.68 bits per heavy atom. The first-order valence-electron chi connectivity index (χ1n) is 7.00. The molecule has 0 radical (unpaired) electrons. The highest BCUT2D eigenvalue weighted by Crippen LogP contribution is 2.34. The number of primary sulfonamides is 1. The molecule has 2 unspecified atom stereocenters. The SMILES string of the molecule is CC1CCN(c2ccc(S(N)(=O)=O)cc2[N+](=O)[O-])CC1CN. The molecule has 1 aliphatic rings. The van der Waals surface area contributed by atoms with Crippen molar-refractivity contribution < 1.29 is 13.3 Å². The molecule has 1 aromatic carbocycles. The van der Waals surface area contributed by atoms with E-state index < -0.39 is 14.9 Å². The number of nitrogens with two attached hydrogens (primary N) is 2. The minimum Gasteiger partial charge on any atom is -0.366 e. The number of hydrogen-bond acceptors (Lipinski definition) is 6. The molecule has 1 heterocycles. The molecule has 8 nitrogen and oxygen atoms in total. The summed E-state index contributed by atoms with van der Waals surface area (Å²) in [6.45, 7) is 3.93. The summed E-state index contributed by atoms with van der Waals surface area (Å²) < 4.78 is 22.7. The molecule has 0 spiro atoms. The highest BCUT2D eigenvalue weighted by Gasteiger charge is 2.29. The van der Waals surface area contributed by atoms with Crippen LogP contribution >= 0.6 is 0 Å². The summed E-state index contributed by atoms with van der Waals surface area (Å²) in [5, 5.41) is 16.3. The van der Waals surface area contributed by atoms with Crippen molar-refractivity contribution in [3.63, 3.8) is 0 Å². The number of nitrogens with zero attached hydrogens (tertiary/aromatic N) is 2. The number of rotatable bonds is 4. The predicted molar refractivity (Wildman–Crippen MR) is 83.0 cm³/mol. The highest BCUT2D eigenvalue weighted by atomic mass is 32.2. The van der Waals surface area contributed by atoms with Crippen LogP contribution in [0.4, 0.5) is 11.4 Å². The normalized spacial score (nSPS) is 22.6. The molecule has 1 aliphatic heterocycles. The number of piperidine rings is 1. The molecule has 1 fully saturated rings. The van der Waals surface area contributed by atoms with E-state index in [1.54, 1.807) is 0 Å². The van der Waals surface area contributed by atoms with E-state index >= 15 is 0 Å². The van der Waals surface area contributed by atoms with Crippen LogP contribution in [0.15, 0.2) is 23.1 Å². The van der Waals surface area contributed by atoms with Crippen LogP contribution in [-0.2, 0) is 10.0 Å². The lowest BCUT2D eigenvalue weighted by molar-refractivity contribution is -0.384. The fourth-order valence-electron chi connectivity index (χ4n) is 2.77. The van der Waals surface area contributed by atoms with E-state index in [1.165, 1.54) is 12.1 Å². The summed E-state index contributed by atoms with van der Waals surface area (Å²) in [6.07, 6.45) is 0.885. The first-order chi connectivity index (χ1) is 10.2. The van der Waals surface area contributed by atoms with Crippen LogP contribution in [0.5, 0.6) is 0 Å². The third kappa shape index (κ3) is 3.37. The standard InChI is InChI=1S/C13H20N4O4S/c1-9-4-5-16(8-10(9)7-14)12-3-2-11(22(15,20)21)6-13(12)17(18)19/h2-3,6,9-10H,4-5,7-8,14H2,1H3,(H2,15,20,21). The van der Waals surface area contributed by atoms with E-state index in [0.29, 0.717) is 31.2 Å². The van der Waals surface area contributed by atoms with Crippen molar-refractivity contribution in [2.75, 3.05) is 24.5 Å². The molecular formula is C13H20N4O4S. The van der Waals surface area contributed by atoms with Gasteiger partial charge in [-0.1, -0.05) is 6.92 Å². The van der Waals surface area contributed by atoms with Crippen molar-refractivity contribution in [2.45, 2.75) is 18.2 Å². The van der Waals surface area contributed by atoms with E-state index in [9.17, 15) is 18.5 Å². The van der Waals surface area contributed by atoms with Gasteiger partial charge in [0.2, 0.25) is 10.0 Å². The van der Waals surface area contributed by atoms with Crippen LogP contribution in [0, 0.1) is 22.0 Å². The quantitative estimate of drug-likeness (QED) is 0.616. The molecule has 0 saturated carbocycles. The van der Waals surface area contributed by atoms with Crippen LogP contribution < -0.4 is 15.8 Å². The van der Waals surface area contributed by atoms with Crippen molar-refractivity contribution >= 4 is 21.4 Å². The van der Waals surface area contributed by atoms with E-state index in [0.717, 1.165) is 12.5 Å². The van der Waals surface area contributed by atoms with E-state index in [-0.39, 0.29) is 16.5 Å². The lowest BCUT2D eigenvalue weighted by Crippen LogP contribution is -2.42. The van der Waals surface area contributed by atoms with Crippen LogP contribution in [0.25, 0.3) is 0 Å². The minimum absolute atomic E-state index is 0.253. The number of nitro groups is 1. The number of anilines is 1. The Hall–Kier alpha value is -1.71. The first kappa shape index (κ1) is 16.7. The summed E-state index contributed by atoms with van der Waals surface area (Å²) in [5.41, 5.74) is 5.91. The molecule has 0 bridgehead atoms. The molecule has 9 heteroatoms. The molecule has 1 aromatic rings. The van der Waals surface area contributed by atoms with Crippen LogP contribution in [0.3, 0.4) is 0 Å². The smallest absolute Gasteiger partial charge is 0.293 e. The summed E-state index contributed by atoms with van der Waals surface area (Å²) in [6, 6.07) is 3.76. The van der Waals surface area contributed by atoms with Gasteiger partial charge in [0.05, 0.1) is 9.82 Å². The third-order valence-corrected chi connectivity index (χ3v) is 5.14. The number of hydrogen-bond donors (Lipinski definition) is 2. The zero-order valence-corrected chi connectivity index (χ0v) is 13.1. The maximum absolute atomic E-state index is 11.4. The van der Waals surface area contributed by atoms with Crippen molar-refractivity contribution in [1.29, 1.82) is 0 Å². The van der Waals surface area contributed by atoms with Crippen molar-refractivity contribution in [1.82, 2.24) is 0 Å². The summed E-state index contributed by atoms with van der Waals surface area (Å²) >= 11 is 0. The molecule has 0 aromatic heterocycles. The van der Waals surface area contributed by atoms with Crippen LogP contribution in [-0.4, -0.2) is 33.0 Å². The molecule has 2 rings (SSSR count). The van der Waals surface area contributed by atoms with E-state index in [1.807, 2.05) is 4.90 Å². The molecule has 4 N–H and O–H groups in total. The third-order valence-electron chi connectivity index (χ3n) is 4.23. The van der Waals surface area contributed by atoms with Gasteiger partial charge >= 0.3 is 0 Å². The second-order valence-corrected chi connectivity index (χ2v) is 7.22. The largest absolute Gasteiger partial charge is 0.366 e. The molecule has 0 amide bonds. The van der Waals surface area contributed by atoms with Crippen molar-refractivity contribution in [2.24, 2.45) is 22.7 Å². The van der Waals surface area contributed by atoms with Gasteiger partial charge in [-0.25, -0.2) is 13.6 Å². The number of sulfonamides is 1. The topological polar surface area (TPSA) is 133 Å². The van der Waals surface area contributed by atoms with E-state index in [4.69, 9.17) is 10.9 Å². The van der Waals surface area contributed by atoms with Crippen LogP contribution in [0.1, 0.15) is 13.3 Å². The van der Waals surface area contributed by atoms with Crippen LogP contribution in [0.2, 0.25) is 0 Å². The summed E-state index contributed by atoms with van der Waals surface area (Å²) in [5.74, 6) is 0.718. The van der Waals surface area contributed by atoms with Gasteiger partial charge in [-0.2, -0.15) is 0 Å². The Morgan fingerprint density at radius 2 is 2.14 bits per heavy atom. The monoisotopic (exact) mass is 328 g/mol. The minimum atomic E-state index is -3.97. The molecule has 122 valence electrons. The molecular weight excluding hydrogens is 308 g/mol. The first-order valence-corrected chi connectivity index (χ1v) is 8.55. The average Bonchev–Trinajstić information content (AvgIpc) is 2.46. The Labute approximate surface area is 129 Å². The lowest BCUT2D eigenvalue weighted by Gasteiger charge is -2.37. The van der Waals surface area contributed by atoms with Gasteiger partial charge in [-0.15, -0.1) is 0 Å². The average molecular weight is 328 g/mol. The lowest BCUT2D eigenvalue weighted by atomic mass is 9.87. The zero-order chi connectivity index (χ0) is 16.5. The Morgan fingerprint density at radius 1 is 1.45 bits per heavy atom. The molecule has 1 saturated heterocycles. The molecule has 2 atom stereocenters. The van der Waals surface area contributed by atoms with Gasteiger partial charge in [0, 0.05) is 19.2 Å². The second kappa shape index (κ2) is 6.19. The summed E-state index contributed by atoms with van der Waals surface area (Å²) in [7, 11) is -3.97. The Balaban J connectivity index is 2.41. The van der Waals surface area contributed by atoms with Gasteiger partial charge in [0.25, 0.3) is 5.69 Å². The molecule has 22 heavy (non-hydrogen) atoms. The van der Waals surface area contributed by atoms with Gasteiger partial charge in [-0.05, 0) is 36.9 Å². The van der Waals surface area contributed by atoms with Crippen molar-refractivity contribution in [3.8, 4) is 0 Å². The zero-order valence-electron chi connectivity index (χ0n) is 12.3. The Bertz CT molecular complexity index is 677. The Kier molecular flexibility index (Phi) is 4.69. The summed E-state index contributed by atoms with van der Waals surface area (Å²) in [4.78, 5) is 12.3. The second-order valence-electron chi connectivity index (χ2n) is 5.66. The fourth-order valence-corrected chi connectivity index (χ4v) is 3.30. The van der Waals surface area contributed by atoms with Gasteiger partial charge in [0.15, 0.2) is 0 Å². The van der Waals surface area contributed by atoms with E-state index in [2.05, 4.69) is 6.92 Å². The maximum atomic E-state index is 11.4. The number of benzene rings is 1. The van der Waals surface area contributed by atoms with Gasteiger partial charge in [-0.3, -0.25) is 10.1 Å². The van der Waals surface area contributed by atoms with Crippen molar-refractivity contribution in [3.05, 3.63) is 28.3 Å². The number of nitro benzene ring substituents is 1. The maximum Gasteiger partial charge on any atom is 0.293 e. The van der Waals surface area contributed by atoms with Gasteiger partial charge < -0.3 is 10.6 Å². The fraction of sp³-hybridized carbons (Fsp3) is 0.538. The highest BCUT2D eigenvalue weighted by molar-refractivity contribution is 7.89. The van der Waals surface area contributed by atoms with Gasteiger partial charge in [0.1, 0.15) is 5.69 Å². The molecule has 0 aliphatic carbocycles.